The third kappa shape index (κ3) is 4.39. The molecular formula is C26H19NO8S2. The number of benzene rings is 4. The molecule has 188 valence electrons. The van der Waals surface area contributed by atoms with Gasteiger partial charge in [-0.05, 0) is 30.3 Å². The van der Waals surface area contributed by atoms with Gasteiger partial charge < -0.3 is 18.6 Å². The highest BCUT2D eigenvalue weighted by molar-refractivity contribution is 7.93. The number of carbonyl (C=O) groups is 1. The molecule has 0 saturated heterocycles. The van der Waals surface area contributed by atoms with E-state index >= 15 is 0 Å². The van der Waals surface area contributed by atoms with Gasteiger partial charge in [0.15, 0.2) is 17.1 Å². The van der Waals surface area contributed by atoms with E-state index in [-0.39, 0.29) is 22.1 Å². The average Bonchev–Trinajstić information content (AvgIpc) is 3.29. The van der Waals surface area contributed by atoms with Gasteiger partial charge in [-0.2, -0.15) is 4.31 Å². The van der Waals surface area contributed by atoms with Crippen molar-refractivity contribution in [2.24, 2.45) is 0 Å². The standard InChI is InChI=1S/C26H19NO8S2/c1-32-21-13-12-17(14-22(21)33-2)37(30,31)27(25(28)34-16-8-4-3-5-9-16)20-15-23-24(35-26(29)36-23)19-11-7-6-10-18(19)20/h3-15H,1-2H3. The highest BCUT2D eigenvalue weighted by atomic mass is 32.2. The van der Waals surface area contributed by atoms with E-state index < -0.39 is 21.1 Å². The van der Waals surface area contributed by atoms with Gasteiger partial charge in [0.1, 0.15) is 5.75 Å². The fourth-order valence-electron chi connectivity index (χ4n) is 3.89. The van der Waals surface area contributed by atoms with Gasteiger partial charge in [-0.3, -0.25) is 0 Å². The topological polar surface area (TPSA) is 112 Å². The minimum Gasteiger partial charge on any atom is -0.493 e. The fraction of sp³-hybridized carbons (Fsp3) is 0.0769. The monoisotopic (exact) mass is 537 g/mol. The van der Waals surface area contributed by atoms with Crippen molar-refractivity contribution in [3.05, 3.63) is 88.6 Å². The maximum Gasteiger partial charge on any atom is 0.434 e. The first-order valence-corrected chi connectivity index (χ1v) is 13.1. The number of anilines is 1. The van der Waals surface area contributed by atoms with E-state index in [1.165, 1.54) is 50.6 Å². The molecule has 0 aliphatic rings. The molecule has 1 amide bonds. The van der Waals surface area contributed by atoms with Crippen LogP contribution in [0, 0.1) is 0 Å². The molecule has 5 aromatic rings. The molecule has 1 aromatic heterocycles. The SMILES string of the molecule is COc1ccc(S(=O)(=O)N(C(=O)Oc2ccccc2)c2cc3sc(=O)oc3c3ccccc23)cc1OC. The van der Waals surface area contributed by atoms with Crippen LogP contribution in [0.1, 0.15) is 0 Å². The fourth-order valence-corrected chi connectivity index (χ4v) is 5.96. The van der Waals surface area contributed by atoms with Gasteiger partial charge in [-0.1, -0.05) is 53.8 Å². The Hall–Kier alpha value is -4.35. The predicted octanol–water partition coefficient (Wildman–Crippen LogP) is 5.42. The Kier molecular flexibility index (Phi) is 6.32. The first-order valence-electron chi connectivity index (χ1n) is 10.8. The maximum atomic E-state index is 14.1. The summed E-state index contributed by atoms with van der Waals surface area (Å²) < 4.78 is 50.4. The Balaban J connectivity index is 1.77. The second-order valence-electron chi connectivity index (χ2n) is 7.69. The molecule has 11 heteroatoms. The third-order valence-corrected chi connectivity index (χ3v) is 7.99. The molecule has 0 aliphatic carbocycles. The lowest BCUT2D eigenvalue weighted by Gasteiger charge is -2.24. The van der Waals surface area contributed by atoms with E-state index in [0.29, 0.717) is 31.1 Å². The molecule has 5 rings (SSSR count). The Morgan fingerprint density at radius 2 is 1.54 bits per heavy atom. The van der Waals surface area contributed by atoms with Crippen molar-refractivity contribution >= 4 is 54.2 Å². The number of methoxy groups -OCH3 is 2. The molecule has 1 heterocycles. The number of sulfonamides is 1. The van der Waals surface area contributed by atoms with E-state index in [9.17, 15) is 18.0 Å². The number of para-hydroxylation sites is 1. The number of fused-ring (bicyclic) bond motifs is 3. The highest BCUT2D eigenvalue weighted by Crippen LogP contribution is 2.39. The number of hydrogen-bond acceptors (Lipinski definition) is 9. The van der Waals surface area contributed by atoms with Gasteiger partial charge >= 0.3 is 11.0 Å². The summed E-state index contributed by atoms with van der Waals surface area (Å²) in [6.45, 7) is 0. The van der Waals surface area contributed by atoms with Crippen LogP contribution in [0.3, 0.4) is 0 Å². The summed E-state index contributed by atoms with van der Waals surface area (Å²) in [6.07, 6.45) is -1.17. The molecule has 37 heavy (non-hydrogen) atoms. The van der Waals surface area contributed by atoms with Gasteiger partial charge in [0.25, 0.3) is 10.0 Å². The van der Waals surface area contributed by atoms with Crippen LogP contribution in [0.5, 0.6) is 17.2 Å². The lowest BCUT2D eigenvalue weighted by molar-refractivity contribution is 0.211. The summed E-state index contributed by atoms with van der Waals surface area (Å²) in [7, 11) is -1.77. The summed E-state index contributed by atoms with van der Waals surface area (Å²) >= 11 is 0.799. The lowest BCUT2D eigenvalue weighted by atomic mass is 10.1. The zero-order chi connectivity index (χ0) is 26.2. The molecule has 0 saturated carbocycles. The van der Waals surface area contributed by atoms with Crippen molar-refractivity contribution in [1.82, 2.24) is 0 Å². The van der Waals surface area contributed by atoms with Crippen molar-refractivity contribution in [2.45, 2.75) is 4.90 Å². The third-order valence-electron chi connectivity index (χ3n) is 5.54. The zero-order valence-electron chi connectivity index (χ0n) is 19.5. The van der Waals surface area contributed by atoms with Gasteiger partial charge in [0.05, 0.1) is 29.5 Å². The van der Waals surface area contributed by atoms with Crippen molar-refractivity contribution < 1.29 is 31.8 Å². The molecule has 0 spiro atoms. The number of nitrogens with zero attached hydrogens (tertiary/aromatic N) is 1. The molecule has 0 aliphatic heterocycles. The molecule has 0 radical (unpaired) electrons. The first-order chi connectivity index (χ1) is 17.8. The molecular weight excluding hydrogens is 518 g/mol. The number of rotatable bonds is 6. The van der Waals surface area contributed by atoms with Gasteiger partial charge in [-0.25, -0.2) is 18.0 Å². The van der Waals surface area contributed by atoms with E-state index in [0.717, 1.165) is 11.3 Å². The van der Waals surface area contributed by atoms with Crippen LogP contribution in [-0.4, -0.2) is 28.7 Å². The number of carbonyl (C=O) groups excluding carboxylic acids is 1. The minimum absolute atomic E-state index is 0.00383. The Morgan fingerprint density at radius 1 is 0.865 bits per heavy atom. The van der Waals surface area contributed by atoms with Crippen LogP contribution in [-0.2, 0) is 10.0 Å². The minimum atomic E-state index is -4.57. The van der Waals surface area contributed by atoms with Crippen molar-refractivity contribution in [2.75, 3.05) is 18.5 Å². The molecule has 9 nitrogen and oxygen atoms in total. The van der Waals surface area contributed by atoms with E-state index in [1.54, 1.807) is 42.5 Å². The Bertz CT molecular complexity index is 1790. The van der Waals surface area contributed by atoms with Gasteiger partial charge in [0, 0.05) is 16.8 Å². The summed E-state index contributed by atoms with van der Waals surface area (Å²) in [5.41, 5.74) is 0.296. The number of hydrogen-bond donors (Lipinski definition) is 0. The molecule has 0 N–H and O–H groups in total. The molecule has 0 atom stereocenters. The van der Waals surface area contributed by atoms with Crippen molar-refractivity contribution in [3.8, 4) is 17.2 Å². The normalized spacial score (nSPS) is 11.4. The smallest absolute Gasteiger partial charge is 0.434 e. The largest absolute Gasteiger partial charge is 0.493 e. The number of amides is 1. The van der Waals surface area contributed by atoms with E-state index in [4.69, 9.17) is 18.6 Å². The van der Waals surface area contributed by atoms with Gasteiger partial charge in [0.2, 0.25) is 0 Å². The lowest BCUT2D eigenvalue weighted by Crippen LogP contribution is -2.39. The predicted molar refractivity (Wildman–Crippen MR) is 140 cm³/mol. The molecule has 0 bridgehead atoms. The summed E-state index contributed by atoms with van der Waals surface area (Å²) in [5.74, 6) is 0.626. The number of ether oxygens (including phenoxy) is 3. The van der Waals surface area contributed by atoms with Crippen LogP contribution in [0.4, 0.5) is 10.5 Å². The summed E-state index contributed by atoms with van der Waals surface area (Å²) in [5, 5.41) is 0.832. The first kappa shape index (κ1) is 24.3. The van der Waals surface area contributed by atoms with Crippen molar-refractivity contribution in [1.29, 1.82) is 0 Å². The quantitative estimate of drug-likeness (QED) is 0.282. The van der Waals surface area contributed by atoms with Crippen LogP contribution in [0.15, 0.2) is 93.0 Å². The van der Waals surface area contributed by atoms with Crippen molar-refractivity contribution in [3.63, 3.8) is 0 Å². The second kappa shape index (κ2) is 9.60. The van der Waals surface area contributed by atoms with Crippen LogP contribution >= 0.6 is 11.3 Å². The van der Waals surface area contributed by atoms with E-state index in [2.05, 4.69) is 0 Å². The molecule has 0 fully saturated rings. The van der Waals surface area contributed by atoms with E-state index in [1.807, 2.05) is 0 Å². The van der Waals surface area contributed by atoms with Crippen LogP contribution in [0.25, 0.3) is 21.1 Å². The highest BCUT2D eigenvalue weighted by Gasteiger charge is 2.35. The second-order valence-corrected chi connectivity index (χ2v) is 10.5. The molecule has 0 unspecified atom stereocenters. The molecule has 4 aromatic carbocycles. The van der Waals surface area contributed by atoms with Crippen LogP contribution < -0.4 is 23.5 Å². The van der Waals surface area contributed by atoms with Gasteiger partial charge in [-0.15, -0.1) is 0 Å². The van der Waals surface area contributed by atoms with Crippen LogP contribution in [0.2, 0.25) is 0 Å². The summed E-state index contributed by atoms with van der Waals surface area (Å²) in [6, 6.07) is 20.2. The maximum absolute atomic E-state index is 14.1. The Morgan fingerprint density at radius 3 is 2.24 bits per heavy atom. The zero-order valence-corrected chi connectivity index (χ0v) is 21.2. The Labute approximate surface area is 215 Å². The average molecular weight is 538 g/mol. The summed E-state index contributed by atoms with van der Waals surface area (Å²) in [4.78, 5) is 24.8.